The molecule has 2 nitrogen and oxygen atoms in total. The molecule has 1 fully saturated rings. The van der Waals surface area contributed by atoms with E-state index in [1.54, 1.807) is 0 Å². The first-order chi connectivity index (χ1) is 9.60. The Morgan fingerprint density at radius 1 is 1.19 bits per heavy atom. The zero-order valence-corrected chi connectivity index (χ0v) is 12.3. The first kappa shape index (κ1) is 16.2. The summed E-state index contributed by atoms with van der Waals surface area (Å²) in [5, 5.41) is 0. The number of likely N-dealkylation sites (tertiary alicyclic amines) is 1. The number of nitrogens with zero attached hydrogens (tertiary/aromatic N) is 1. The average molecular weight is 372 g/mol. The van der Waals surface area contributed by atoms with E-state index in [2.05, 4.69) is 15.9 Å². The molecule has 1 aromatic carbocycles. The van der Waals surface area contributed by atoms with Gasteiger partial charge in [-0.3, -0.25) is 4.79 Å². The van der Waals surface area contributed by atoms with Crippen molar-refractivity contribution in [3.05, 3.63) is 33.8 Å². The molecule has 0 N–H and O–H groups in total. The molecule has 1 aliphatic heterocycles. The van der Waals surface area contributed by atoms with Crippen molar-refractivity contribution in [3.8, 4) is 0 Å². The normalized spacial score (nSPS) is 18.7. The average Bonchev–Trinajstić information content (AvgIpc) is 2.37. The predicted octanol–water partition coefficient (Wildman–Crippen LogP) is 4.34. The van der Waals surface area contributed by atoms with Gasteiger partial charge in [-0.15, -0.1) is 0 Å². The van der Waals surface area contributed by atoms with Gasteiger partial charge >= 0.3 is 6.18 Å². The van der Waals surface area contributed by atoms with E-state index in [4.69, 9.17) is 0 Å². The van der Waals surface area contributed by atoms with E-state index in [9.17, 15) is 26.7 Å². The van der Waals surface area contributed by atoms with Crippen molar-refractivity contribution >= 4 is 21.8 Å². The molecule has 116 valence electrons. The molecule has 0 unspecified atom stereocenters. The second kappa shape index (κ2) is 5.55. The lowest BCUT2D eigenvalue weighted by molar-refractivity contribution is -0.137. The zero-order valence-electron chi connectivity index (χ0n) is 10.7. The van der Waals surface area contributed by atoms with Crippen LogP contribution in [0.1, 0.15) is 28.8 Å². The standard InChI is InChI=1S/C13H11BrF5NO/c14-10-2-1-8(13(17,18)19)7-9(10)11(21)20-5-3-12(15,16)4-6-20/h1-2,7H,3-6H2. The molecular formula is C13H11BrF5NO. The highest BCUT2D eigenvalue weighted by Crippen LogP contribution is 2.33. The van der Waals surface area contributed by atoms with Crippen LogP contribution in [-0.4, -0.2) is 29.8 Å². The number of carbonyl (C=O) groups excluding carboxylic acids is 1. The number of hydrogen-bond acceptors (Lipinski definition) is 1. The number of amides is 1. The van der Waals surface area contributed by atoms with Crippen LogP contribution >= 0.6 is 15.9 Å². The van der Waals surface area contributed by atoms with Gasteiger partial charge in [-0.1, -0.05) is 0 Å². The fourth-order valence-electron chi connectivity index (χ4n) is 2.07. The number of rotatable bonds is 1. The van der Waals surface area contributed by atoms with Gasteiger partial charge in [-0.25, -0.2) is 8.78 Å². The van der Waals surface area contributed by atoms with Crippen molar-refractivity contribution in [3.63, 3.8) is 0 Å². The molecule has 0 aromatic heterocycles. The Bertz CT molecular complexity index is 548. The summed E-state index contributed by atoms with van der Waals surface area (Å²) < 4.78 is 64.3. The van der Waals surface area contributed by atoms with Crippen molar-refractivity contribution < 1.29 is 26.7 Å². The molecule has 0 atom stereocenters. The molecule has 1 heterocycles. The largest absolute Gasteiger partial charge is 0.416 e. The van der Waals surface area contributed by atoms with Crippen LogP contribution in [0.3, 0.4) is 0 Å². The molecule has 1 aliphatic rings. The molecule has 1 aromatic rings. The Labute approximate surface area is 126 Å². The highest BCUT2D eigenvalue weighted by atomic mass is 79.9. The van der Waals surface area contributed by atoms with Crippen LogP contribution < -0.4 is 0 Å². The van der Waals surface area contributed by atoms with Crippen molar-refractivity contribution in [2.24, 2.45) is 0 Å². The SMILES string of the molecule is O=C(c1cc(C(F)(F)F)ccc1Br)N1CCC(F)(F)CC1. The van der Waals surface area contributed by atoms with Crippen LogP contribution in [0, 0.1) is 0 Å². The van der Waals surface area contributed by atoms with Crippen molar-refractivity contribution in [1.82, 2.24) is 4.90 Å². The second-order valence-corrected chi connectivity index (χ2v) is 5.69. The molecule has 8 heteroatoms. The van der Waals surface area contributed by atoms with Gasteiger partial charge in [0.1, 0.15) is 0 Å². The Hall–Kier alpha value is -1.18. The third-order valence-electron chi connectivity index (χ3n) is 3.31. The number of piperidine rings is 1. The quantitative estimate of drug-likeness (QED) is 0.672. The van der Waals surface area contributed by atoms with E-state index in [-0.39, 0.29) is 23.1 Å². The van der Waals surface area contributed by atoms with Crippen LogP contribution in [-0.2, 0) is 6.18 Å². The molecule has 2 rings (SSSR count). The van der Waals surface area contributed by atoms with E-state index in [0.717, 1.165) is 23.1 Å². The van der Waals surface area contributed by atoms with Crippen molar-refractivity contribution in [1.29, 1.82) is 0 Å². The van der Waals surface area contributed by atoms with Crippen LogP contribution in [0.5, 0.6) is 0 Å². The molecule has 0 spiro atoms. The number of hydrogen-bond donors (Lipinski definition) is 0. The zero-order chi connectivity index (χ0) is 15.8. The summed E-state index contributed by atoms with van der Waals surface area (Å²) in [6, 6.07) is 2.72. The lowest BCUT2D eigenvalue weighted by atomic mass is 10.0. The minimum Gasteiger partial charge on any atom is -0.338 e. The second-order valence-electron chi connectivity index (χ2n) is 4.84. The summed E-state index contributed by atoms with van der Waals surface area (Å²) in [5.74, 6) is -3.49. The van der Waals surface area contributed by atoms with Gasteiger partial charge in [0.2, 0.25) is 0 Å². The molecule has 0 aliphatic carbocycles. The first-order valence-electron chi connectivity index (χ1n) is 6.14. The summed E-state index contributed by atoms with van der Waals surface area (Å²) in [5.41, 5.74) is -1.12. The van der Waals surface area contributed by atoms with Gasteiger partial charge in [0.25, 0.3) is 11.8 Å². The highest BCUT2D eigenvalue weighted by Gasteiger charge is 2.37. The fourth-order valence-corrected chi connectivity index (χ4v) is 2.49. The van der Waals surface area contributed by atoms with E-state index in [1.165, 1.54) is 0 Å². The Kier molecular flexibility index (Phi) is 4.28. The minimum absolute atomic E-state index is 0.171. The van der Waals surface area contributed by atoms with Crippen LogP contribution in [0.2, 0.25) is 0 Å². The number of carbonyl (C=O) groups is 1. The van der Waals surface area contributed by atoms with Crippen molar-refractivity contribution in [2.45, 2.75) is 24.9 Å². The van der Waals surface area contributed by atoms with Gasteiger partial charge in [0.05, 0.1) is 11.1 Å². The molecule has 21 heavy (non-hydrogen) atoms. The number of benzene rings is 1. The fraction of sp³-hybridized carbons (Fsp3) is 0.462. The van der Waals surface area contributed by atoms with E-state index < -0.39 is 36.4 Å². The van der Waals surface area contributed by atoms with Crippen molar-refractivity contribution in [2.75, 3.05) is 13.1 Å². The maximum absolute atomic E-state index is 13.0. The molecule has 0 bridgehead atoms. The van der Waals surface area contributed by atoms with Crippen LogP contribution in [0.15, 0.2) is 22.7 Å². The maximum atomic E-state index is 13.0. The summed E-state index contributed by atoms with van der Waals surface area (Å²) >= 11 is 3.02. The van der Waals surface area contributed by atoms with Crippen LogP contribution in [0.4, 0.5) is 22.0 Å². The van der Waals surface area contributed by atoms with Crippen LogP contribution in [0.25, 0.3) is 0 Å². The molecule has 1 amide bonds. The third-order valence-corrected chi connectivity index (χ3v) is 4.00. The van der Waals surface area contributed by atoms with Gasteiger partial charge in [0, 0.05) is 30.4 Å². The maximum Gasteiger partial charge on any atom is 0.416 e. The minimum atomic E-state index is -4.56. The molecule has 1 saturated heterocycles. The predicted molar refractivity (Wildman–Crippen MR) is 69.2 cm³/mol. The highest BCUT2D eigenvalue weighted by molar-refractivity contribution is 9.10. The Balaban J connectivity index is 2.23. The lowest BCUT2D eigenvalue weighted by Gasteiger charge is -2.32. The number of alkyl halides is 5. The molecule has 0 radical (unpaired) electrons. The summed E-state index contributed by atoms with van der Waals surface area (Å²) in [4.78, 5) is 13.3. The summed E-state index contributed by atoms with van der Waals surface area (Å²) in [7, 11) is 0. The van der Waals surface area contributed by atoms with E-state index in [1.807, 2.05) is 0 Å². The molecular weight excluding hydrogens is 361 g/mol. The Morgan fingerprint density at radius 2 is 1.76 bits per heavy atom. The van der Waals surface area contributed by atoms with Gasteiger partial charge < -0.3 is 4.90 Å². The Morgan fingerprint density at radius 3 is 2.29 bits per heavy atom. The molecule has 0 saturated carbocycles. The lowest BCUT2D eigenvalue weighted by Crippen LogP contribution is -2.42. The van der Waals surface area contributed by atoms with E-state index in [0.29, 0.717) is 0 Å². The topological polar surface area (TPSA) is 20.3 Å². The smallest absolute Gasteiger partial charge is 0.338 e. The number of halogens is 6. The first-order valence-corrected chi connectivity index (χ1v) is 6.93. The third kappa shape index (κ3) is 3.72. The van der Waals surface area contributed by atoms with Gasteiger partial charge in [0.15, 0.2) is 0 Å². The summed E-state index contributed by atoms with van der Waals surface area (Å²) in [6.45, 7) is -0.344. The van der Waals surface area contributed by atoms with E-state index >= 15 is 0 Å². The van der Waals surface area contributed by atoms with Gasteiger partial charge in [-0.2, -0.15) is 13.2 Å². The summed E-state index contributed by atoms with van der Waals surface area (Å²) in [6.07, 6.45) is -5.52. The monoisotopic (exact) mass is 371 g/mol. The van der Waals surface area contributed by atoms with Gasteiger partial charge in [-0.05, 0) is 34.1 Å².